The van der Waals surface area contributed by atoms with Crippen LogP contribution in [-0.4, -0.2) is 37.7 Å². The van der Waals surface area contributed by atoms with E-state index in [4.69, 9.17) is 4.74 Å². The predicted octanol–water partition coefficient (Wildman–Crippen LogP) is 4.43. The number of hydrogen-bond acceptors (Lipinski definition) is 3. The van der Waals surface area contributed by atoms with Gasteiger partial charge in [-0.3, -0.25) is 0 Å². The number of nitrogens with zero attached hydrogens (tertiary/aromatic N) is 1. The number of ether oxygens (including phenoxy) is 1. The molecule has 2 aromatic carbocycles. The molecule has 1 fully saturated rings. The smallest absolute Gasteiger partial charge is 0.319 e. The largest absolute Gasteiger partial charge is 0.490 e. The maximum absolute atomic E-state index is 12.5. The molecular formula is C22H29N3O2. The molecule has 144 valence electrons. The van der Waals surface area contributed by atoms with E-state index < -0.39 is 0 Å². The summed E-state index contributed by atoms with van der Waals surface area (Å²) in [5, 5.41) is 5.98. The van der Waals surface area contributed by atoms with Gasteiger partial charge in [-0.25, -0.2) is 4.79 Å². The number of urea groups is 1. The van der Waals surface area contributed by atoms with Crippen molar-refractivity contribution in [2.75, 3.05) is 26.0 Å². The first-order chi connectivity index (χ1) is 13.1. The molecule has 0 spiro atoms. The van der Waals surface area contributed by atoms with Crippen molar-refractivity contribution in [3.05, 3.63) is 60.2 Å². The van der Waals surface area contributed by atoms with E-state index in [2.05, 4.69) is 15.5 Å². The molecule has 1 saturated carbocycles. The third-order valence-corrected chi connectivity index (χ3v) is 4.77. The van der Waals surface area contributed by atoms with Crippen LogP contribution in [0, 0.1) is 0 Å². The first-order valence-electron chi connectivity index (χ1n) is 9.64. The van der Waals surface area contributed by atoms with Crippen LogP contribution in [0.5, 0.6) is 5.75 Å². The summed E-state index contributed by atoms with van der Waals surface area (Å²) in [6, 6.07) is 17.3. The van der Waals surface area contributed by atoms with Gasteiger partial charge in [0.25, 0.3) is 0 Å². The van der Waals surface area contributed by atoms with Gasteiger partial charge in [-0.05, 0) is 69.6 Å². The zero-order valence-electron chi connectivity index (χ0n) is 16.2. The standard InChI is InChI=1S/C22H29N3O2/c1-25(2)16-21(17-8-4-3-5-9-17)24-22(26)23-18-12-14-20(15-13-18)27-19-10-6-7-11-19/h3-5,8-9,12-15,19,21H,6-7,10-11,16H2,1-2H3,(H2,23,24,26). The molecule has 0 radical (unpaired) electrons. The number of likely N-dealkylation sites (N-methyl/N-ethyl adjacent to an activating group) is 1. The Morgan fingerprint density at radius 3 is 2.37 bits per heavy atom. The van der Waals surface area contributed by atoms with E-state index in [1.165, 1.54) is 12.8 Å². The highest BCUT2D eigenvalue weighted by atomic mass is 16.5. The van der Waals surface area contributed by atoms with Crippen LogP contribution in [0.15, 0.2) is 54.6 Å². The quantitative estimate of drug-likeness (QED) is 0.761. The first-order valence-corrected chi connectivity index (χ1v) is 9.64. The minimum Gasteiger partial charge on any atom is -0.490 e. The van der Waals surface area contributed by atoms with Crippen LogP contribution >= 0.6 is 0 Å². The van der Waals surface area contributed by atoms with Gasteiger partial charge in [0.15, 0.2) is 0 Å². The molecule has 0 bridgehead atoms. The van der Waals surface area contributed by atoms with Crippen LogP contribution in [0.25, 0.3) is 0 Å². The van der Waals surface area contributed by atoms with E-state index in [1.54, 1.807) is 0 Å². The molecule has 1 aliphatic rings. The lowest BCUT2D eigenvalue weighted by Crippen LogP contribution is -2.37. The van der Waals surface area contributed by atoms with Crippen molar-refractivity contribution in [3.8, 4) is 5.75 Å². The second-order valence-corrected chi connectivity index (χ2v) is 7.37. The molecule has 27 heavy (non-hydrogen) atoms. The van der Waals surface area contributed by atoms with E-state index in [0.717, 1.165) is 36.4 Å². The minimum absolute atomic E-state index is 0.0776. The number of anilines is 1. The third kappa shape index (κ3) is 6.00. The van der Waals surface area contributed by atoms with Gasteiger partial charge in [0, 0.05) is 12.2 Å². The Morgan fingerprint density at radius 2 is 1.74 bits per heavy atom. The molecule has 0 aliphatic heterocycles. The van der Waals surface area contributed by atoms with Crippen molar-refractivity contribution in [2.24, 2.45) is 0 Å². The van der Waals surface area contributed by atoms with E-state index in [1.807, 2.05) is 68.7 Å². The summed E-state index contributed by atoms with van der Waals surface area (Å²) in [5.41, 5.74) is 1.84. The van der Waals surface area contributed by atoms with Crippen LogP contribution in [0.2, 0.25) is 0 Å². The number of carbonyl (C=O) groups excluding carboxylic acids is 1. The fraction of sp³-hybridized carbons (Fsp3) is 0.409. The second kappa shape index (κ2) is 9.42. The minimum atomic E-state index is -0.213. The molecular weight excluding hydrogens is 338 g/mol. The highest BCUT2D eigenvalue weighted by molar-refractivity contribution is 5.89. The van der Waals surface area contributed by atoms with Crippen LogP contribution in [0.1, 0.15) is 37.3 Å². The van der Waals surface area contributed by atoms with Gasteiger partial charge in [-0.15, -0.1) is 0 Å². The maximum atomic E-state index is 12.5. The van der Waals surface area contributed by atoms with Gasteiger partial charge in [0.2, 0.25) is 0 Å². The number of nitrogens with one attached hydrogen (secondary N) is 2. The molecule has 0 aromatic heterocycles. The number of carbonyl (C=O) groups is 1. The summed E-state index contributed by atoms with van der Waals surface area (Å²) in [7, 11) is 4.00. The Kier molecular flexibility index (Phi) is 6.71. The molecule has 0 heterocycles. The van der Waals surface area contributed by atoms with Gasteiger partial charge < -0.3 is 20.3 Å². The summed E-state index contributed by atoms with van der Waals surface area (Å²) in [4.78, 5) is 14.5. The van der Waals surface area contributed by atoms with Crippen LogP contribution in [-0.2, 0) is 0 Å². The highest BCUT2D eigenvalue weighted by Crippen LogP contribution is 2.25. The van der Waals surface area contributed by atoms with E-state index in [9.17, 15) is 4.79 Å². The lowest BCUT2D eigenvalue weighted by Gasteiger charge is -2.23. The monoisotopic (exact) mass is 367 g/mol. The zero-order valence-corrected chi connectivity index (χ0v) is 16.2. The summed E-state index contributed by atoms with van der Waals surface area (Å²) < 4.78 is 5.97. The average Bonchev–Trinajstić information content (AvgIpc) is 3.16. The van der Waals surface area contributed by atoms with E-state index in [-0.39, 0.29) is 12.1 Å². The third-order valence-electron chi connectivity index (χ3n) is 4.77. The van der Waals surface area contributed by atoms with Gasteiger partial charge >= 0.3 is 6.03 Å². The summed E-state index contributed by atoms with van der Waals surface area (Å²) in [6.45, 7) is 0.728. The van der Waals surface area contributed by atoms with Crippen molar-refractivity contribution in [1.82, 2.24) is 10.2 Å². The Hall–Kier alpha value is -2.53. The molecule has 1 atom stereocenters. The molecule has 1 unspecified atom stereocenters. The Labute approximate surface area is 161 Å². The van der Waals surface area contributed by atoms with Crippen molar-refractivity contribution in [3.63, 3.8) is 0 Å². The molecule has 5 heteroatoms. The predicted molar refractivity (Wildman–Crippen MR) is 109 cm³/mol. The average molecular weight is 367 g/mol. The molecule has 3 rings (SSSR count). The Bertz CT molecular complexity index is 710. The van der Waals surface area contributed by atoms with Crippen molar-refractivity contribution >= 4 is 11.7 Å². The van der Waals surface area contributed by atoms with Crippen molar-refractivity contribution in [2.45, 2.75) is 37.8 Å². The highest BCUT2D eigenvalue weighted by Gasteiger charge is 2.17. The number of amides is 2. The normalized spacial score (nSPS) is 15.5. The van der Waals surface area contributed by atoms with Crippen LogP contribution in [0.4, 0.5) is 10.5 Å². The number of hydrogen-bond donors (Lipinski definition) is 2. The van der Waals surface area contributed by atoms with E-state index in [0.29, 0.717) is 6.10 Å². The fourth-order valence-electron chi connectivity index (χ4n) is 3.43. The fourth-order valence-corrected chi connectivity index (χ4v) is 3.43. The molecule has 2 aromatic rings. The summed E-state index contributed by atoms with van der Waals surface area (Å²) in [6.07, 6.45) is 5.11. The number of benzene rings is 2. The van der Waals surface area contributed by atoms with Crippen LogP contribution < -0.4 is 15.4 Å². The van der Waals surface area contributed by atoms with Gasteiger partial charge in [-0.1, -0.05) is 30.3 Å². The van der Waals surface area contributed by atoms with Crippen molar-refractivity contribution in [1.29, 1.82) is 0 Å². The SMILES string of the molecule is CN(C)CC(NC(=O)Nc1ccc(OC2CCCC2)cc1)c1ccccc1. The molecule has 2 N–H and O–H groups in total. The summed E-state index contributed by atoms with van der Waals surface area (Å²) in [5.74, 6) is 0.864. The van der Waals surface area contributed by atoms with Gasteiger partial charge in [-0.2, -0.15) is 0 Å². The molecule has 2 amide bonds. The van der Waals surface area contributed by atoms with Gasteiger partial charge in [0.05, 0.1) is 12.1 Å². The molecule has 1 aliphatic carbocycles. The molecule has 5 nitrogen and oxygen atoms in total. The topological polar surface area (TPSA) is 53.6 Å². The second-order valence-electron chi connectivity index (χ2n) is 7.37. The lowest BCUT2D eigenvalue weighted by atomic mass is 10.1. The van der Waals surface area contributed by atoms with Gasteiger partial charge in [0.1, 0.15) is 5.75 Å². The first kappa shape index (κ1) is 19.2. The summed E-state index contributed by atoms with van der Waals surface area (Å²) >= 11 is 0. The maximum Gasteiger partial charge on any atom is 0.319 e. The lowest BCUT2D eigenvalue weighted by molar-refractivity contribution is 0.210. The van der Waals surface area contributed by atoms with Crippen LogP contribution in [0.3, 0.4) is 0 Å². The van der Waals surface area contributed by atoms with E-state index >= 15 is 0 Å². The number of rotatable bonds is 7. The Balaban J connectivity index is 1.56. The zero-order chi connectivity index (χ0) is 19.1. The molecule has 0 saturated heterocycles. The Morgan fingerprint density at radius 1 is 1.07 bits per heavy atom. The van der Waals surface area contributed by atoms with Crippen molar-refractivity contribution < 1.29 is 9.53 Å².